The molecule has 1 amide bonds. The summed E-state index contributed by atoms with van der Waals surface area (Å²) in [6.07, 6.45) is 1.54. The van der Waals surface area contributed by atoms with Gasteiger partial charge in [-0.15, -0.1) is 11.3 Å². The summed E-state index contributed by atoms with van der Waals surface area (Å²) in [6.45, 7) is 0.0131. The predicted molar refractivity (Wildman–Crippen MR) is 111 cm³/mol. The summed E-state index contributed by atoms with van der Waals surface area (Å²) in [4.78, 5) is 12.4. The molecule has 0 aliphatic rings. The molecule has 0 fully saturated rings. The second-order valence-corrected chi connectivity index (χ2v) is 10.2. The number of hydrogen-bond donors (Lipinski definition) is 1. The normalized spacial score (nSPS) is 11.7. The molecule has 0 radical (unpaired) electrons. The maximum Gasteiger partial charge on any atom is 0.252 e. The maximum absolute atomic E-state index is 12.5. The smallest absolute Gasteiger partial charge is 0.252 e. The van der Waals surface area contributed by atoms with Gasteiger partial charge in [0.15, 0.2) is 0 Å². The maximum atomic E-state index is 12.5. The second kappa shape index (κ2) is 8.62. The van der Waals surface area contributed by atoms with E-state index in [1.54, 1.807) is 23.0 Å². The van der Waals surface area contributed by atoms with Gasteiger partial charge in [-0.05, 0) is 23.8 Å². The number of anilines is 1. The van der Waals surface area contributed by atoms with Crippen molar-refractivity contribution < 1.29 is 13.2 Å². The summed E-state index contributed by atoms with van der Waals surface area (Å²) in [7, 11) is -2.45. The number of rotatable bonds is 7. The molecular formula is C17H16Cl2N4O3S2. The van der Waals surface area contributed by atoms with Crippen molar-refractivity contribution in [3.05, 3.63) is 63.6 Å². The van der Waals surface area contributed by atoms with Crippen molar-refractivity contribution in [1.29, 1.82) is 0 Å². The van der Waals surface area contributed by atoms with E-state index in [-0.39, 0.29) is 10.8 Å². The van der Waals surface area contributed by atoms with Crippen LogP contribution in [0.1, 0.15) is 5.56 Å². The van der Waals surface area contributed by atoms with Gasteiger partial charge in [-0.3, -0.25) is 4.79 Å². The topological polar surface area (TPSA) is 84.3 Å². The van der Waals surface area contributed by atoms with Crippen LogP contribution in [0, 0.1) is 0 Å². The third-order valence-corrected chi connectivity index (χ3v) is 7.71. The first kappa shape index (κ1) is 20.8. The summed E-state index contributed by atoms with van der Waals surface area (Å²) in [5, 5.41) is 7.46. The summed E-state index contributed by atoms with van der Waals surface area (Å²) < 4.78 is 28.0. The standard InChI is InChI=1S/C17H16Cl2N4O3S2/c1-22(28(25,26)17-7-6-14(19)27-17)11-16(24)21-15-8-9-20-23(15)10-12-4-2-3-5-13(12)18/h2-9H,10-11H2,1H3,(H,21,24). The number of benzene rings is 1. The average Bonchev–Trinajstić information content (AvgIpc) is 3.26. The molecule has 3 rings (SSSR count). The Bertz CT molecular complexity index is 1100. The van der Waals surface area contributed by atoms with Gasteiger partial charge in [-0.25, -0.2) is 13.1 Å². The molecule has 148 valence electrons. The third-order valence-electron chi connectivity index (χ3n) is 3.84. The minimum atomic E-state index is -3.79. The molecule has 2 heterocycles. The molecule has 28 heavy (non-hydrogen) atoms. The average molecular weight is 459 g/mol. The number of thiophene rings is 1. The molecule has 0 bridgehead atoms. The quantitative estimate of drug-likeness (QED) is 0.586. The number of sulfonamides is 1. The van der Waals surface area contributed by atoms with Crippen LogP contribution in [0.2, 0.25) is 9.36 Å². The van der Waals surface area contributed by atoms with Gasteiger partial charge in [-0.2, -0.15) is 9.40 Å². The van der Waals surface area contributed by atoms with E-state index >= 15 is 0 Å². The van der Waals surface area contributed by atoms with E-state index in [4.69, 9.17) is 23.2 Å². The molecule has 0 saturated carbocycles. The summed E-state index contributed by atoms with van der Waals surface area (Å²) in [5.41, 5.74) is 0.845. The van der Waals surface area contributed by atoms with Gasteiger partial charge < -0.3 is 5.32 Å². The zero-order valence-corrected chi connectivity index (χ0v) is 17.8. The number of nitrogens with one attached hydrogen (secondary N) is 1. The van der Waals surface area contributed by atoms with Crippen LogP contribution in [0.15, 0.2) is 52.9 Å². The Morgan fingerprint density at radius 2 is 1.96 bits per heavy atom. The number of carbonyl (C=O) groups excluding carboxylic acids is 1. The highest BCUT2D eigenvalue weighted by atomic mass is 35.5. The number of halogens is 2. The van der Waals surface area contributed by atoms with Crippen molar-refractivity contribution in [3.8, 4) is 0 Å². The number of carbonyl (C=O) groups is 1. The molecule has 0 saturated heterocycles. The zero-order chi connectivity index (χ0) is 20.3. The molecular weight excluding hydrogens is 443 g/mol. The highest BCUT2D eigenvalue weighted by molar-refractivity contribution is 7.91. The summed E-state index contributed by atoms with van der Waals surface area (Å²) >= 11 is 12.9. The summed E-state index contributed by atoms with van der Waals surface area (Å²) in [5.74, 6) is -0.0514. The van der Waals surface area contributed by atoms with E-state index < -0.39 is 15.9 Å². The van der Waals surface area contributed by atoms with Gasteiger partial charge in [0.1, 0.15) is 10.0 Å². The lowest BCUT2D eigenvalue weighted by atomic mass is 10.2. The van der Waals surface area contributed by atoms with Gasteiger partial charge in [0.2, 0.25) is 5.91 Å². The fourth-order valence-corrected chi connectivity index (χ4v) is 5.43. The lowest BCUT2D eigenvalue weighted by Crippen LogP contribution is -2.35. The number of likely N-dealkylation sites (N-methyl/N-ethyl adjacent to an activating group) is 1. The van der Waals surface area contributed by atoms with Crippen molar-refractivity contribution in [2.45, 2.75) is 10.8 Å². The van der Waals surface area contributed by atoms with E-state index in [2.05, 4.69) is 10.4 Å². The molecule has 0 atom stereocenters. The van der Waals surface area contributed by atoms with Gasteiger partial charge in [0.25, 0.3) is 10.0 Å². The minimum absolute atomic E-state index is 0.0801. The highest BCUT2D eigenvalue weighted by Gasteiger charge is 2.25. The number of nitrogens with zero attached hydrogens (tertiary/aromatic N) is 3. The van der Waals surface area contributed by atoms with Crippen LogP contribution < -0.4 is 5.32 Å². The molecule has 0 aliphatic heterocycles. The Kier molecular flexibility index (Phi) is 6.41. The lowest BCUT2D eigenvalue weighted by Gasteiger charge is -2.16. The SMILES string of the molecule is CN(CC(=O)Nc1ccnn1Cc1ccccc1Cl)S(=O)(=O)c1ccc(Cl)s1. The van der Waals surface area contributed by atoms with Crippen LogP contribution in [-0.4, -0.2) is 42.0 Å². The molecule has 0 unspecified atom stereocenters. The predicted octanol–water partition coefficient (Wildman–Crippen LogP) is 3.56. The van der Waals surface area contributed by atoms with Crippen LogP contribution in [0.3, 0.4) is 0 Å². The fraction of sp³-hybridized carbons (Fsp3) is 0.176. The van der Waals surface area contributed by atoms with Crippen LogP contribution in [0.5, 0.6) is 0 Å². The van der Waals surface area contributed by atoms with Crippen LogP contribution in [0.25, 0.3) is 0 Å². The van der Waals surface area contributed by atoms with Gasteiger partial charge in [0.05, 0.1) is 23.6 Å². The molecule has 0 aliphatic carbocycles. The number of aromatic nitrogens is 2. The molecule has 2 aromatic heterocycles. The van der Waals surface area contributed by atoms with Crippen molar-refractivity contribution in [2.24, 2.45) is 0 Å². The fourth-order valence-electron chi connectivity index (χ4n) is 2.41. The Labute approximate surface area is 176 Å². The Hall–Kier alpha value is -1.91. The van der Waals surface area contributed by atoms with Crippen molar-refractivity contribution in [2.75, 3.05) is 18.9 Å². The molecule has 0 spiro atoms. The minimum Gasteiger partial charge on any atom is -0.310 e. The van der Waals surface area contributed by atoms with Crippen LogP contribution >= 0.6 is 34.5 Å². The first-order valence-corrected chi connectivity index (χ1v) is 11.1. The second-order valence-electron chi connectivity index (χ2n) is 5.83. The molecule has 1 N–H and O–H groups in total. The van der Waals surface area contributed by atoms with E-state index in [1.165, 1.54) is 19.2 Å². The van der Waals surface area contributed by atoms with E-state index in [1.807, 2.05) is 18.2 Å². The van der Waals surface area contributed by atoms with E-state index in [0.717, 1.165) is 21.2 Å². The Morgan fingerprint density at radius 3 is 2.64 bits per heavy atom. The van der Waals surface area contributed by atoms with Crippen LogP contribution in [-0.2, 0) is 21.4 Å². The van der Waals surface area contributed by atoms with Crippen LogP contribution in [0.4, 0.5) is 5.82 Å². The van der Waals surface area contributed by atoms with E-state index in [0.29, 0.717) is 21.7 Å². The first-order chi connectivity index (χ1) is 13.3. The van der Waals surface area contributed by atoms with Gasteiger partial charge >= 0.3 is 0 Å². The largest absolute Gasteiger partial charge is 0.310 e. The molecule has 1 aromatic carbocycles. The number of hydrogen-bond acceptors (Lipinski definition) is 5. The van der Waals surface area contributed by atoms with Crippen molar-refractivity contribution in [1.82, 2.24) is 14.1 Å². The lowest BCUT2D eigenvalue weighted by molar-refractivity contribution is -0.116. The zero-order valence-electron chi connectivity index (χ0n) is 14.7. The third kappa shape index (κ3) is 4.73. The summed E-state index contributed by atoms with van der Waals surface area (Å²) in [6, 6.07) is 11.9. The molecule has 3 aromatic rings. The monoisotopic (exact) mass is 458 g/mol. The molecule has 7 nitrogen and oxygen atoms in total. The van der Waals surface area contributed by atoms with Gasteiger partial charge in [0, 0.05) is 18.1 Å². The van der Waals surface area contributed by atoms with Crippen molar-refractivity contribution in [3.63, 3.8) is 0 Å². The first-order valence-electron chi connectivity index (χ1n) is 8.04. The highest BCUT2D eigenvalue weighted by Crippen LogP contribution is 2.27. The number of amides is 1. The van der Waals surface area contributed by atoms with E-state index in [9.17, 15) is 13.2 Å². The Balaban J connectivity index is 1.67. The van der Waals surface area contributed by atoms with Gasteiger partial charge in [-0.1, -0.05) is 41.4 Å². The molecule has 11 heteroatoms. The van der Waals surface area contributed by atoms with Crippen molar-refractivity contribution >= 4 is 56.3 Å². The Morgan fingerprint density at radius 1 is 1.21 bits per heavy atom.